The van der Waals surface area contributed by atoms with E-state index >= 15 is 0 Å². The number of methoxy groups -OCH3 is 1. The first-order chi connectivity index (χ1) is 13.6. The fourth-order valence-corrected chi connectivity index (χ4v) is 3.22. The Morgan fingerprint density at radius 1 is 0.893 bits per heavy atom. The molecular formula is C23H20O4S. The van der Waals surface area contributed by atoms with Crippen LogP contribution in [0.1, 0.15) is 32.4 Å². The van der Waals surface area contributed by atoms with E-state index in [9.17, 15) is 9.59 Å². The Balaban J connectivity index is 1.94. The minimum Gasteiger partial charge on any atom is -0.496 e. The van der Waals surface area contributed by atoms with Gasteiger partial charge in [-0.25, -0.2) is 4.79 Å². The van der Waals surface area contributed by atoms with Crippen LogP contribution in [0.15, 0.2) is 83.8 Å². The molecule has 0 amide bonds. The second kappa shape index (κ2) is 9.24. The average molecular weight is 392 g/mol. The lowest BCUT2D eigenvalue weighted by Crippen LogP contribution is -2.20. The first-order valence-electron chi connectivity index (χ1n) is 8.71. The van der Waals surface area contributed by atoms with E-state index in [4.69, 9.17) is 9.47 Å². The molecule has 0 saturated heterocycles. The third-order valence-corrected chi connectivity index (χ3v) is 4.98. The number of ketones is 1. The monoisotopic (exact) mass is 392 g/mol. The molecule has 4 nitrogen and oxygen atoms in total. The second-order valence-corrected chi connectivity index (χ2v) is 6.87. The van der Waals surface area contributed by atoms with Crippen LogP contribution in [0.2, 0.25) is 0 Å². The van der Waals surface area contributed by atoms with Crippen molar-refractivity contribution in [2.75, 3.05) is 13.4 Å². The second-order valence-electron chi connectivity index (χ2n) is 5.99. The number of ether oxygens (including phenoxy) is 2. The molecule has 0 radical (unpaired) electrons. The molecule has 0 fully saturated rings. The van der Waals surface area contributed by atoms with Crippen molar-refractivity contribution in [3.05, 3.63) is 95.6 Å². The zero-order valence-electron chi connectivity index (χ0n) is 15.6. The highest BCUT2D eigenvalue weighted by atomic mass is 32.2. The molecule has 0 unspecified atom stereocenters. The lowest BCUT2D eigenvalue weighted by atomic mass is 9.99. The van der Waals surface area contributed by atoms with Crippen LogP contribution in [0.25, 0.3) is 0 Å². The minimum atomic E-state index is -1.04. The zero-order chi connectivity index (χ0) is 19.9. The van der Waals surface area contributed by atoms with Gasteiger partial charge in [0.25, 0.3) is 0 Å². The van der Waals surface area contributed by atoms with Gasteiger partial charge < -0.3 is 9.47 Å². The fourth-order valence-electron chi connectivity index (χ4n) is 2.79. The molecule has 0 heterocycles. The SMILES string of the molecule is COc1cc(SC)ccc1C(=O)O[C@H](C(=O)c1ccccc1)c1ccccc1. The van der Waals surface area contributed by atoms with Gasteiger partial charge in [0.2, 0.25) is 5.78 Å². The number of hydrogen-bond acceptors (Lipinski definition) is 5. The molecule has 3 aromatic rings. The van der Waals surface area contributed by atoms with Crippen LogP contribution >= 0.6 is 11.8 Å². The third-order valence-electron chi connectivity index (χ3n) is 4.25. The van der Waals surface area contributed by atoms with Crippen LogP contribution in [0, 0.1) is 0 Å². The molecule has 0 aliphatic rings. The summed E-state index contributed by atoms with van der Waals surface area (Å²) >= 11 is 1.55. The van der Waals surface area contributed by atoms with E-state index in [1.807, 2.05) is 36.6 Å². The van der Waals surface area contributed by atoms with Crippen molar-refractivity contribution in [3.63, 3.8) is 0 Å². The Kier molecular flexibility index (Phi) is 6.50. The van der Waals surface area contributed by atoms with Gasteiger partial charge in [-0.05, 0) is 24.5 Å². The predicted molar refractivity (Wildman–Crippen MR) is 110 cm³/mol. The van der Waals surface area contributed by atoms with E-state index in [1.165, 1.54) is 7.11 Å². The summed E-state index contributed by atoms with van der Waals surface area (Å²) in [6, 6.07) is 23.1. The highest BCUT2D eigenvalue weighted by Crippen LogP contribution is 2.29. The maximum Gasteiger partial charge on any atom is 0.342 e. The van der Waals surface area contributed by atoms with Gasteiger partial charge >= 0.3 is 5.97 Å². The number of thioether (sulfide) groups is 1. The van der Waals surface area contributed by atoms with Crippen molar-refractivity contribution in [3.8, 4) is 5.75 Å². The van der Waals surface area contributed by atoms with Crippen molar-refractivity contribution in [2.45, 2.75) is 11.0 Å². The summed E-state index contributed by atoms with van der Waals surface area (Å²) in [5.74, 6) is -0.474. The number of esters is 1. The molecule has 0 aliphatic carbocycles. The highest BCUT2D eigenvalue weighted by molar-refractivity contribution is 7.98. The predicted octanol–water partition coefficient (Wildman–Crippen LogP) is 5.20. The standard InChI is InChI=1S/C23H20O4S/c1-26-20-15-18(28-2)13-14-19(20)23(25)27-22(17-11-7-4-8-12-17)21(24)16-9-5-3-6-10-16/h3-15,22H,1-2H3/t22-/m0/s1. The summed E-state index contributed by atoms with van der Waals surface area (Å²) in [6.07, 6.45) is 0.900. The molecule has 0 N–H and O–H groups in total. The summed E-state index contributed by atoms with van der Waals surface area (Å²) in [5.41, 5.74) is 1.38. The van der Waals surface area contributed by atoms with Crippen molar-refractivity contribution < 1.29 is 19.1 Å². The van der Waals surface area contributed by atoms with Gasteiger partial charge in [0, 0.05) is 16.0 Å². The average Bonchev–Trinajstić information content (AvgIpc) is 2.77. The fraction of sp³-hybridized carbons (Fsp3) is 0.130. The van der Waals surface area contributed by atoms with Crippen molar-refractivity contribution in [1.29, 1.82) is 0 Å². The van der Waals surface area contributed by atoms with Gasteiger partial charge in [0.05, 0.1) is 7.11 Å². The molecular weight excluding hydrogens is 372 g/mol. The number of rotatable bonds is 7. The van der Waals surface area contributed by atoms with E-state index in [0.29, 0.717) is 16.9 Å². The number of Topliss-reactive ketones (excluding diaryl/α,β-unsaturated/α-hetero) is 1. The Morgan fingerprint density at radius 2 is 1.54 bits per heavy atom. The lowest BCUT2D eigenvalue weighted by Gasteiger charge is -2.18. The molecule has 28 heavy (non-hydrogen) atoms. The van der Waals surface area contributed by atoms with Crippen LogP contribution in [-0.4, -0.2) is 25.1 Å². The molecule has 0 spiro atoms. The summed E-state index contributed by atoms with van der Waals surface area (Å²) < 4.78 is 11.0. The van der Waals surface area contributed by atoms with E-state index in [1.54, 1.807) is 60.3 Å². The van der Waals surface area contributed by atoms with Crippen LogP contribution in [0.5, 0.6) is 5.75 Å². The molecule has 3 rings (SSSR count). The molecule has 0 bridgehead atoms. The molecule has 0 aliphatic heterocycles. The van der Waals surface area contributed by atoms with Gasteiger partial charge in [-0.15, -0.1) is 11.8 Å². The topological polar surface area (TPSA) is 52.6 Å². The van der Waals surface area contributed by atoms with Gasteiger partial charge in [0.1, 0.15) is 11.3 Å². The van der Waals surface area contributed by atoms with Crippen LogP contribution in [-0.2, 0) is 4.74 Å². The Hall–Kier alpha value is -3.05. The molecule has 0 aromatic heterocycles. The van der Waals surface area contributed by atoms with Crippen LogP contribution in [0.4, 0.5) is 0 Å². The van der Waals surface area contributed by atoms with Crippen molar-refractivity contribution in [2.24, 2.45) is 0 Å². The van der Waals surface area contributed by atoms with Crippen LogP contribution < -0.4 is 4.74 Å². The van der Waals surface area contributed by atoms with Crippen LogP contribution in [0.3, 0.4) is 0 Å². The number of carbonyl (C=O) groups excluding carboxylic acids is 2. The number of carbonyl (C=O) groups is 2. The first-order valence-corrected chi connectivity index (χ1v) is 9.93. The van der Waals surface area contributed by atoms with Gasteiger partial charge in [-0.1, -0.05) is 60.7 Å². The normalized spacial score (nSPS) is 11.5. The summed E-state index contributed by atoms with van der Waals surface area (Å²) in [6.45, 7) is 0. The number of benzene rings is 3. The smallest absolute Gasteiger partial charge is 0.342 e. The number of hydrogen-bond donors (Lipinski definition) is 0. The molecule has 142 valence electrons. The summed E-state index contributed by atoms with van der Waals surface area (Å²) in [5, 5.41) is 0. The van der Waals surface area contributed by atoms with Gasteiger partial charge in [-0.3, -0.25) is 4.79 Å². The largest absolute Gasteiger partial charge is 0.496 e. The van der Waals surface area contributed by atoms with E-state index in [2.05, 4.69) is 0 Å². The molecule has 1 atom stereocenters. The quantitative estimate of drug-likeness (QED) is 0.314. The van der Waals surface area contributed by atoms with E-state index in [0.717, 1.165) is 4.90 Å². The Morgan fingerprint density at radius 3 is 2.14 bits per heavy atom. The summed E-state index contributed by atoms with van der Waals surface area (Å²) in [4.78, 5) is 26.9. The minimum absolute atomic E-state index is 0.278. The van der Waals surface area contributed by atoms with Crippen molar-refractivity contribution in [1.82, 2.24) is 0 Å². The van der Waals surface area contributed by atoms with E-state index in [-0.39, 0.29) is 11.3 Å². The molecule has 5 heteroatoms. The first kappa shape index (κ1) is 19.7. The van der Waals surface area contributed by atoms with Gasteiger partial charge in [-0.2, -0.15) is 0 Å². The van der Waals surface area contributed by atoms with Crippen molar-refractivity contribution >= 4 is 23.5 Å². The summed E-state index contributed by atoms with van der Waals surface area (Å²) in [7, 11) is 1.50. The maximum atomic E-state index is 13.1. The molecule has 0 saturated carbocycles. The van der Waals surface area contributed by atoms with E-state index < -0.39 is 12.1 Å². The zero-order valence-corrected chi connectivity index (χ0v) is 16.4. The third kappa shape index (κ3) is 4.43. The molecule has 3 aromatic carbocycles. The lowest BCUT2D eigenvalue weighted by molar-refractivity contribution is 0.0277. The van der Waals surface area contributed by atoms with Gasteiger partial charge in [0.15, 0.2) is 6.10 Å². The maximum absolute atomic E-state index is 13.1. The Labute approximate surface area is 168 Å². The Bertz CT molecular complexity index is 955. The highest BCUT2D eigenvalue weighted by Gasteiger charge is 2.27.